The van der Waals surface area contributed by atoms with Gasteiger partial charge in [0.05, 0.1) is 20.8 Å². The number of fused-ring (bicyclic) bond motifs is 1. The molecule has 4 nitrogen and oxygen atoms in total. The van der Waals surface area contributed by atoms with Gasteiger partial charge in [0.25, 0.3) is 5.91 Å². The largest absolute Gasteiger partial charge is 0.309 e. The number of thioether (sulfide) groups is 1. The Hall–Kier alpha value is -1.60. The van der Waals surface area contributed by atoms with Crippen molar-refractivity contribution >= 4 is 56.0 Å². The third-order valence-electron chi connectivity index (χ3n) is 4.57. The van der Waals surface area contributed by atoms with Gasteiger partial charge >= 0.3 is 0 Å². The van der Waals surface area contributed by atoms with Crippen molar-refractivity contribution in [1.82, 2.24) is 9.88 Å². The molecule has 0 aliphatic carbocycles. The van der Waals surface area contributed by atoms with Crippen molar-refractivity contribution in [3.63, 3.8) is 0 Å². The standard InChI is InChI=1S/C22H26ClN3OS2/c1-5-28-18-10-7-6-9-16(18)21(27)26(14-8-13-25(3)4)22-24-19-15(2)11-12-17(23)20(19)29-22/h6-7,9-12H,5,8,13-14H2,1-4H3. The van der Waals surface area contributed by atoms with E-state index in [0.717, 1.165) is 45.0 Å². The van der Waals surface area contributed by atoms with E-state index < -0.39 is 0 Å². The summed E-state index contributed by atoms with van der Waals surface area (Å²) in [6.45, 7) is 5.63. The maximum Gasteiger partial charge on any atom is 0.261 e. The van der Waals surface area contributed by atoms with E-state index in [2.05, 4.69) is 11.8 Å². The molecule has 2 aromatic carbocycles. The maximum atomic E-state index is 13.6. The van der Waals surface area contributed by atoms with E-state index in [1.54, 1.807) is 11.8 Å². The van der Waals surface area contributed by atoms with Crippen LogP contribution in [0.5, 0.6) is 0 Å². The number of amides is 1. The molecular weight excluding hydrogens is 422 g/mol. The zero-order valence-corrected chi connectivity index (χ0v) is 19.6. The summed E-state index contributed by atoms with van der Waals surface area (Å²) in [5, 5.41) is 1.38. The van der Waals surface area contributed by atoms with Crippen LogP contribution >= 0.6 is 34.7 Å². The Morgan fingerprint density at radius 2 is 1.93 bits per heavy atom. The highest BCUT2D eigenvalue weighted by atomic mass is 35.5. The van der Waals surface area contributed by atoms with Crippen LogP contribution in [0.15, 0.2) is 41.3 Å². The van der Waals surface area contributed by atoms with E-state index in [9.17, 15) is 4.79 Å². The molecule has 3 aromatic rings. The summed E-state index contributed by atoms with van der Waals surface area (Å²) in [7, 11) is 4.08. The van der Waals surface area contributed by atoms with Crippen molar-refractivity contribution in [2.45, 2.75) is 25.2 Å². The van der Waals surface area contributed by atoms with E-state index in [-0.39, 0.29) is 5.91 Å². The van der Waals surface area contributed by atoms with Crippen molar-refractivity contribution in [2.75, 3.05) is 37.8 Å². The highest BCUT2D eigenvalue weighted by Crippen LogP contribution is 2.36. The Labute approximate surface area is 185 Å². The van der Waals surface area contributed by atoms with Gasteiger partial charge in [0.2, 0.25) is 0 Å². The fourth-order valence-electron chi connectivity index (χ4n) is 3.11. The predicted octanol–water partition coefficient (Wildman–Crippen LogP) is 5.97. The quantitative estimate of drug-likeness (QED) is 0.398. The van der Waals surface area contributed by atoms with Gasteiger partial charge in [0, 0.05) is 11.4 Å². The van der Waals surface area contributed by atoms with Crippen LogP contribution in [0.2, 0.25) is 5.02 Å². The smallest absolute Gasteiger partial charge is 0.261 e. The average molecular weight is 448 g/mol. The Balaban J connectivity index is 2.02. The summed E-state index contributed by atoms with van der Waals surface area (Å²) < 4.78 is 0.934. The van der Waals surface area contributed by atoms with Crippen LogP contribution in [0.25, 0.3) is 10.2 Å². The van der Waals surface area contributed by atoms with Crippen LogP contribution in [-0.4, -0.2) is 48.7 Å². The number of thiazole rings is 1. The molecule has 7 heteroatoms. The predicted molar refractivity (Wildman–Crippen MR) is 127 cm³/mol. The molecule has 0 bridgehead atoms. The average Bonchev–Trinajstić information content (AvgIpc) is 3.15. The molecule has 1 heterocycles. The SMILES string of the molecule is CCSc1ccccc1C(=O)N(CCCN(C)C)c1nc2c(C)ccc(Cl)c2s1. The summed E-state index contributed by atoms with van der Waals surface area (Å²) in [5.74, 6) is 0.911. The first kappa shape index (κ1) is 22.1. The molecule has 0 saturated carbocycles. The highest BCUT2D eigenvalue weighted by Gasteiger charge is 2.24. The van der Waals surface area contributed by atoms with Crippen LogP contribution in [0, 0.1) is 6.92 Å². The van der Waals surface area contributed by atoms with Crippen molar-refractivity contribution in [2.24, 2.45) is 0 Å². The van der Waals surface area contributed by atoms with Gasteiger partial charge in [-0.15, -0.1) is 11.8 Å². The molecule has 0 unspecified atom stereocenters. The second-order valence-electron chi connectivity index (χ2n) is 7.08. The van der Waals surface area contributed by atoms with Gasteiger partial charge in [-0.1, -0.05) is 48.1 Å². The Bertz CT molecular complexity index is 964. The molecule has 0 aliphatic heterocycles. The summed E-state index contributed by atoms with van der Waals surface area (Å²) in [4.78, 5) is 23.4. The number of anilines is 1. The van der Waals surface area contributed by atoms with Gasteiger partial charge < -0.3 is 4.90 Å². The molecule has 0 radical (unpaired) electrons. The molecule has 1 aromatic heterocycles. The summed E-state index contributed by atoms with van der Waals surface area (Å²) >= 11 is 9.59. The molecular formula is C22H26ClN3OS2. The van der Waals surface area contributed by atoms with Gasteiger partial charge in [0.1, 0.15) is 0 Å². The summed E-state index contributed by atoms with van der Waals surface area (Å²) in [6.07, 6.45) is 0.866. The molecule has 29 heavy (non-hydrogen) atoms. The number of carbonyl (C=O) groups excluding carboxylic acids is 1. The van der Waals surface area contributed by atoms with Crippen molar-refractivity contribution in [3.8, 4) is 0 Å². The van der Waals surface area contributed by atoms with Gasteiger partial charge in [-0.05, 0) is 63.5 Å². The molecule has 154 valence electrons. The van der Waals surface area contributed by atoms with E-state index in [1.165, 1.54) is 11.3 Å². The number of hydrogen-bond acceptors (Lipinski definition) is 5. The van der Waals surface area contributed by atoms with Gasteiger partial charge in [0.15, 0.2) is 5.13 Å². The Morgan fingerprint density at radius 3 is 2.62 bits per heavy atom. The van der Waals surface area contributed by atoms with Gasteiger partial charge in [-0.3, -0.25) is 9.69 Å². The molecule has 0 atom stereocenters. The maximum absolute atomic E-state index is 13.6. The summed E-state index contributed by atoms with van der Waals surface area (Å²) in [5.41, 5.74) is 2.67. The van der Waals surface area contributed by atoms with Crippen LogP contribution in [0.1, 0.15) is 29.3 Å². The topological polar surface area (TPSA) is 36.4 Å². The lowest BCUT2D eigenvalue weighted by Gasteiger charge is -2.22. The van der Waals surface area contributed by atoms with E-state index in [1.807, 2.05) is 62.3 Å². The second kappa shape index (κ2) is 9.94. The van der Waals surface area contributed by atoms with Gasteiger partial charge in [-0.25, -0.2) is 4.98 Å². The minimum atomic E-state index is -0.00635. The fraction of sp³-hybridized carbons (Fsp3) is 0.364. The lowest BCUT2D eigenvalue weighted by molar-refractivity contribution is 0.0983. The minimum Gasteiger partial charge on any atom is -0.309 e. The highest BCUT2D eigenvalue weighted by molar-refractivity contribution is 7.99. The van der Waals surface area contributed by atoms with Crippen molar-refractivity contribution in [3.05, 3.63) is 52.5 Å². The lowest BCUT2D eigenvalue weighted by atomic mass is 10.2. The molecule has 1 amide bonds. The first-order valence-electron chi connectivity index (χ1n) is 9.66. The van der Waals surface area contributed by atoms with Crippen LogP contribution in [0.4, 0.5) is 5.13 Å². The number of halogens is 1. The van der Waals surface area contributed by atoms with Crippen molar-refractivity contribution < 1.29 is 4.79 Å². The second-order valence-corrected chi connectivity index (χ2v) is 9.77. The van der Waals surface area contributed by atoms with Gasteiger partial charge in [-0.2, -0.15) is 0 Å². The molecule has 0 aliphatic rings. The van der Waals surface area contributed by atoms with E-state index >= 15 is 0 Å². The van der Waals surface area contributed by atoms with Crippen LogP contribution in [0.3, 0.4) is 0 Å². The summed E-state index contributed by atoms with van der Waals surface area (Å²) in [6, 6.07) is 11.7. The van der Waals surface area contributed by atoms with E-state index in [0.29, 0.717) is 16.7 Å². The number of nitrogens with zero attached hydrogens (tertiary/aromatic N) is 3. The number of carbonyl (C=O) groups is 1. The molecule has 0 saturated heterocycles. The molecule has 0 fully saturated rings. The minimum absolute atomic E-state index is 0.00635. The number of aromatic nitrogens is 1. The monoisotopic (exact) mass is 447 g/mol. The van der Waals surface area contributed by atoms with Crippen LogP contribution < -0.4 is 4.90 Å². The first-order valence-corrected chi connectivity index (χ1v) is 11.8. The fourth-order valence-corrected chi connectivity index (χ4v) is 5.24. The number of hydrogen-bond donors (Lipinski definition) is 0. The van der Waals surface area contributed by atoms with Crippen molar-refractivity contribution in [1.29, 1.82) is 0 Å². The third-order valence-corrected chi connectivity index (χ3v) is 7.06. The Morgan fingerprint density at radius 1 is 1.17 bits per heavy atom. The Kier molecular flexibility index (Phi) is 7.57. The first-order chi connectivity index (χ1) is 13.9. The number of aryl methyl sites for hydroxylation is 1. The normalized spacial score (nSPS) is 11.4. The number of benzene rings is 2. The molecule has 0 spiro atoms. The zero-order chi connectivity index (χ0) is 21.0. The number of rotatable bonds is 8. The lowest BCUT2D eigenvalue weighted by Crippen LogP contribution is -2.33. The van der Waals surface area contributed by atoms with Crippen LogP contribution in [-0.2, 0) is 0 Å². The zero-order valence-electron chi connectivity index (χ0n) is 17.2. The van der Waals surface area contributed by atoms with E-state index in [4.69, 9.17) is 16.6 Å². The molecule has 3 rings (SSSR count). The molecule has 0 N–H and O–H groups in total. The third kappa shape index (κ3) is 5.12.